The van der Waals surface area contributed by atoms with Crippen LogP contribution in [0.2, 0.25) is 0 Å². The van der Waals surface area contributed by atoms with Gasteiger partial charge < -0.3 is 24.1 Å². The molecule has 0 radical (unpaired) electrons. The van der Waals surface area contributed by atoms with Crippen molar-refractivity contribution in [2.24, 2.45) is 5.92 Å². The molecule has 0 aliphatic carbocycles. The van der Waals surface area contributed by atoms with Crippen LogP contribution in [0, 0.1) is 5.92 Å². The first-order valence-corrected chi connectivity index (χ1v) is 9.99. The summed E-state index contributed by atoms with van der Waals surface area (Å²) in [5.41, 5.74) is 0. The lowest BCUT2D eigenvalue weighted by atomic mass is 10.0. The average molecular weight is 363 g/mol. The van der Waals surface area contributed by atoms with E-state index >= 15 is 0 Å². The van der Waals surface area contributed by atoms with Crippen molar-refractivity contribution in [3.63, 3.8) is 0 Å². The maximum Gasteiger partial charge on any atom is 0.0781 e. The summed E-state index contributed by atoms with van der Waals surface area (Å²) in [6.07, 6.45) is 4.55. The summed E-state index contributed by atoms with van der Waals surface area (Å²) in [5.74, 6) is 0.664. The zero-order valence-corrected chi connectivity index (χ0v) is 17.3. The summed E-state index contributed by atoms with van der Waals surface area (Å²) in [7, 11) is 0. The van der Waals surface area contributed by atoms with Crippen LogP contribution in [0.15, 0.2) is 0 Å². The lowest BCUT2D eigenvalue weighted by Crippen LogP contribution is -2.28. The first kappa shape index (κ1) is 24.8. The van der Waals surface area contributed by atoms with E-state index in [1.165, 1.54) is 25.7 Å². The van der Waals surface area contributed by atoms with Crippen molar-refractivity contribution >= 4 is 0 Å². The van der Waals surface area contributed by atoms with E-state index in [9.17, 15) is 5.11 Å². The standard InChI is InChI=1S/C20H42O5/c1-7-9-10-20(8-2)15-22-12-17(4)24-14-19(6)25-13-18(5)23-11-16(3)21/h16-21H,7-15H2,1-6H3. The molecule has 5 unspecified atom stereocenters. The fourth-order valence-electron chi connectivity index (χ4n) is 2.35. The second-order valence-corrected chi connectivity index (χ2v) is 7.23. The van der Waals surface area contributed by atoms with Crippen molar-refractivity contribution in [1.82, 2.24) is 0 Å². The zero-order valence-electron chi connectivity index (χ0n) is 17.3. The van der Waals surface area contributed by atoms with Crippen LogP contribution in [0.1, 0.15) is 67.2 Å². The SMILES string of the molecule is CCCCC(CC)COCC(C)OCC(C)OCC(C)OCC(C)O. The molecule has 0 aliphatic rings. The van der Waals surface area contributed by atoms with E-state index in [2.05, 4.69) is 13.8 Å². The number of hydrogen-bond donors (Lipinski definition) is 1. The van der Waals surface area contributed by atoms with Crippen LogP contribution in [0.4, 0.5) is 0 Å². The van der Waals surface area contributed by atoms with Gasteiger partial charge in [0.25, 0.3) is 0 Å². The molecule has 0 bridgehead atoms. The maximum absolute atomic E-state index is 9.19. The Labute approximate surface area is 155 Å². The van der Waals surface area contributed by atoms with Crippen LogP contribution in [0.3, 0.4) is 0 Å². The Bertz CT molecular complexity index is 285. The van der Waals surface area contributed by atoms with E-state index in [-0.39, 0.29) is 18.3 Å². The highest BCUT2D eigenvalue weighted by molar-refractivity contribution is 4.58. The Morgan fingerprint density at radius 2 is 1.24 bits per heavy atom. The van der Waals surface area contributed by atoms with Crippen LogP contribution in [-0.4, -0.2) is 62.6 Å². The molecule has 0 spiro atoms. The third-order valence-corrected chi connectivity index (χ3v) is 4.10. The van der Waals surface area contributed by atoms with Gasteiger partial charge in [0.1, 0.15) is 0 Å². The molecule has 5 nitrogen and oxygen atoms in total. The van der Waals surface area contributed by atoms with Gasteiger partial charge in [0.05, 0.1) is 50.8 Å². The number of rotatable bonds is 17. The molecular formula is C20H42O5. The zero-order chi connectivity index (χ0) is 19.1. The van der Waals surface area contributed by atoms with E-state index in [0.29, 0.717) is 32.3 Å². The average Bonchev–Trinajstić information content (AvgIpc) is 2.59. The first-order chi connectivity index (χ1) is 11.9. The largest absolute Gasteiger partial charge is 0.391 e. The van der Waals surface area contributed by atoms with Crippen molar-refractivity contribution in [1.29, 1.82) is 0 Å². The van der Waals surface area contributed by atoms with E-state index in [0.717, 1.165) is 6.61 Å². The fraction of sp³-hybridized carbons (Fsp3) is 1.00. The van der Waals surface area contributed by atoms with Gasteiger partial charge >= 0.3 is 0 Å². The minimum Gasteiger partial charge on any atom is -0.391 e. The molecule has 0 saturated heterocycles. The van der Waals surface area contributed by atoms with Crippen molar-refractivity contribution in [3.05, 3.63) is 0 Å². The van der Waals surface area contributed by atoms with Crippen LogP contribution >= 0.6 is 0 Å². The lowest BCUT2D eigenvalue weighted by Gasteiger charge is -2.21. The molecule has 0 aliphatic heterocycles. The fourth-order valence-corrected chi connectivity index (χ4v) is 2.35. The second-order valence-electron chi connectivity index (χ2n) is 7.23. The van der Waals surface area contributed by atoms with E-state index in [1.807, 2.05) is 20.8 Å². The van der Waals surface area contributed by atoms with Gasteiger partial charge in [-0.2, -0.15) is 0 Å². The summed E-state index contributed by atoms with van der Waals surface area (Å²) in [5, 5.41) is 9.19. The molecule has 5 heteroatoms. The highest BCUT2D eigenvalue weighted by Crippen LogP contribution is 2.13. The van der Waals surface area contributed by atoms with E-state index in [1.54, 1.807) is 6.92 Å². The predicted molar refractivity (Wildman–Crippen MR) is 102 cm³/mol. The topological polar surface area (TPSA) is 57.2 Å². The molecule has 0 rings (SSSR count). The van der Waals surface area contributed by atoms with Crippen LogP contribution < -0.4 is 0 Å². The minimum absolute atomic E-state index is 0.00740. The van der Waals surface area contributed by atoms with E-state index < -0.39 is 6.10 Å². The summed E-state index contributed by atoms with van der Waals surface area (Å²) in [4.78, 5) is 0. The van der Waals surface area contributed by atoms with Crippen LogP contribution in [0.25, 0.3) is 0 Å². The van der Waals surface area contributed by atoms with Crippen molar-refractivity contribution in [3.8, 4) is 0 Å². The third-order valence-electron chi connectivity index (χ3n) is 4.10. The minimum atomic E-state index is -0.446. The molecule has 5 atom stereocenters. The monoisotopic (exact) mass is 362 g/mol. The van der Waals surface area contributed by atoms with Crippen LogP contribution in [0.5, 0.6) is 0 Å². The predicted octanol–water partition coefficient (Wildman–Crippen LogP) is 3.82. The second kappa shape index (κ2) is 16.0. The normalized spacial score (nSPS) is 17.9. The third kappa shape index (κ3) is 15.7. The van der Waals surface area contributed by atoms with Crippen molar-refractivity contribution in [2.45, 2.75) is 91.6 Å². The molecule has 0 aromatic rings. The molecule has 0 aromatic carbocycles. The summed E-state index contributed by atoms with van der Waals surface area (Å²) in [6.45, 7) is 15.0. The number of aliphatic hydroxyl groups is 1. The number of aliphatic hydroxyl groups excluding tert-OH is 1. The van der Waals surface area contributed by atoms with Gasteiger partial charge in [0.15, 0.2) is 0 Å². The Kier molecular flexibility index (Phi) is 15.9. The number of ether oxygens (including phenoxy) is 4. The summed E-state index contributed by atoms with van der Waals surface area (Å²) in [6, 6.07) is 0. The summed E-state index contributed by atoms with van der Waals surface area (Å²) < 4.78 is 22.8. The Morgan fingerprint density at radius 3 is 1.72 bits per heavy atom. The maximum atomic E-state index is 9.19. The smallest absolute Gasteiger partial charge is 0.0781 e. The molecule has 0 aromatic heterocycles. The lowest BCUT2D eigenvalue weighted by molar-refractivity contribution is -0.0879. The molecule has 0 heterocycles. The van der Waals surface area contributed by atoms with Crippen LogP contribution in [-0.2, 0) is 18.9 Å². The summed E-state index contributed by atoms with van der Waals surface area (Å²) >= 11 is 0. The van der Waals surface area contributed by atoms with Crippen molar-refractivity contribution < 1.29 is 24.1 Å². The first-order valence-electron chi connectivity index (χ1n) is 9.99. The van der Waals surface area contributed by atoms with Gasteiger partial charge in [0.2, 0.25) is 0 Å². The van der Waals surface area contributed by atoms with Gasteiger partial charge in [-0.3, -0.25) is 0 Å². The molecule has 0 amide bonds. The van der Waals surface area contributed by atoms with Crippen molar-refractivity contribution in [2.75, 3.05) is 33.0 Å². The Hall–Kier alpha value is -0.200. The molecule has 152 valence electrons. The molecule has 0 fully saturated rings. The highest BCUT2D eigenvalue weighted by atomic mass is 16.6. The van der Waals surface area contributed by atoms with E-state index in [4.69, 9.17) is 18.9 Å². The van der Waals surface area contributed by atoms with Gasteiger partial charge in [-0.15, -0.1) is 0 Å². The molecule has 25 heavy (non-hydrogen) atoms. The van der Waals surface area contributed by atoms with Gasteiger partial charge in [0, 0.05) is 6.61 Å². The Morgan fingerprint density at radius 1 is 0.720 bits per heavy atom. The van der Waals surface area contributed by atoms with Gasteiger partial charge in [-0.25, -0.2) is 0 Å². The Balaban J connectivity index is 3.70. The quantitative estimate of drug-likeness (QED) is 0.426. The van der Waals surface area contributed by atoms with Gasteiger partial charge in [-0.05, 0) is 40.0 Å². The number of hydrogen-bond acceptors (Lipinski definition) is 5. The molecular weight excluding hydrogens is 320 g/mol. The number of unbranched alkanes of at least 4 members (excludes halogenated alkanes) is 1. The highest BCUT2D eigenvalue weighted by Gasteiger charge is 2.12. The van der Waals surface area contributed by atoms with Gasteiger partial charge in [-0.1, -0.05) is 33.1 Å². The molecule has 1 N–H and O–H groups in total. The molecule has 0 saturated carbocycles.